The first-order chi connectivity index (χ1) is 9.20. The Balaban J connectivity index is 2.24. The van der Waals surface area contributed by atoms with Crippen molar-refractivity contribution < 1.29 is 14.6 Å². The monoisotopic (exact) mass is 270 g/mol. The summed E-state index contributed by atoms with van der Waals surface area (Å²) in [4.78, 5) is 0. The van der Waals surface area contributed by atoms with Crippen molar-refractivity contribution in [1.29, 1.82) is 0 Å². The molecule has 112 valence electrons. The molecule has 1 aliphatic heterocycles. The molecule has 1 saturated heterocycles. The predicted octanol–water partition coefficient (Wildman–Crippen LogP) is 3.31. The van der Waals surface area contributed by atoms with Crippen molar-refractivity contribution in [3.05, 3.63) is 12.2 Å². The van der Waals surface area contributed by atoms with Crippen LogP contribution in [0.3, 0.4) is 0 Å². The van der Waals surface area contributed by atoms with Crippen LogP contribution in [-0.2, 0) is 9.47 Å². The zero-order valence-corrected chi connectivity index (χ0v) is 12.7. The fraction of sp³-hybridized carbons (Fsp3) is 0.875. The quantitative estimate of drug-likeness (QED) is 0.543. The summed E-state index contributed by atoms with van der Waals surface area (Å²) in [6, 6.07) is 0. The minimum absolute atomic E-state index is 0.118. The fourth-order valence-corrected chi connectivity index (χ4v) is 2.62. The number of rotatable bonds is 8. The lowest BCUT2D eigenvalue weighted by Gasteiger charge is -2.36. The van der Waals surface area contributed by atoms with Crippen LogP contribution in [0.25, 0.3) is 0 Å². The molecular weight excluding hydrogens is 240 g/mol. The van der Waals surface area contributed by atoms with Gasteiger partial charge in [-0.3, -0.25) is 0 Å². The van der Waals surface area contributed by atoms with E-state index in [0.717, 1.165) is 6.42 Å². The van der Waals surface area contributed by atoms with E-state index in [-0.39, 0.29) is 18.1 Å². The van der Waals surface area contributed by atoms with E-state index >= 15 is 0 Å². The van der Waals surface area contributed by atoms with Gasteiger partial charge in [0, 0.05) is 13.0 Å². The molecule has 0 aliphatic carbocycles. The second-order valence-corrected chi connectivity index (χ2v) is 5.60. The number of allylic oxidation sites excluding steroid dienone is 1. The molecule has 1 heterocycles. The van der Waals surface area contributed by atoms with Crippen molar-refractivity contribution in [1.82, 2.24) is 0 Å². The number of ether oxygens (including phenoxy) is 2. The van der Waals surface area contributed by atoms with Crippen LogP contribution in [-0.4, -0.2) is 37.1 Å². The van der Waals surface area contributed by atoms with Gasteiger partial charge in [-0.15, -0.1) is 0 Å². The van der Waals surface area contributed by atoms with E-state index in [1.165, 1.54) is 32.1 Å². The standard InChI is InChI=1S/C16H30O3/c1-4-5-6-7-8-9-10-11-14-15(17)16(18-3)13(2)12-19-14/h10-11,13-17H,4-9,12H2,1-3H3/b11-10+/t13-,14-,15-,16-/m0/s1. The highest BCUT2D eigenvalue weighted by atomic mass is 16.5. The molecule has 0 aromatic carbocycles. The van der Waals surface area contributed by atoms with Crippen molar-refractivity contribution in [2.75, 3.05) is 13.7 Å². The van der Waals surface area contributed by atoms with Crippen LogP contribution in [0.2, 0.25) is 0 Å². The number of hydrogen-bond acceptors (Lipinski definition) is 3. The van der Waals surface area contributed by atoms with Gasteiger partial charge in [0.2, 0.25) is 0 Å². The van der Waals surface area contributed by atoms with Gasteiger partial charge in [-0.25, -0.2) is 0 Å². The highest BCUT2D eigenvalue weighted by molar-refractivity contribution is 4.99. The summed E-state index contributed by atoms with van der Waals surface area (Å²) >= 11 is 0. The van der Waals surface area contributed by atoms with Gasteiger partial charge in [-0.2, -0.15) is 0 Å². The molecule has 0 unspecified atom stereocenters. The summed E-state index contributed by atoms with van der Waals surface area (Å²) < 4.78 is 11.0. The van der Waals surface area contributed by atoms with E-state index in [1.54, 1.807) is 7.11 Å². The first-order valence-electron chi connectivity index (χ1n) is 7.69. The van der Waals surface area contributed by atoms with Crippen molar-refractivity contribution in [2.24, 2.45) is 5.92 Å². The second-order valence-electron chi connectivity index (χ2n) is 5.60. The van der Waals surface area contributed by atoms with Crippen molar-refractivity contribution in [2.45, 2.75) is 70.7 Å². The molecule has 19 heavy (non-hydrogen) atoms. The van der Waals surface area contributed by atoms with E-state index in [0.29, 0.717) is 6.61 Å². The minimum atomic E-state index is -0.551. The van der Waals surface area contributed by atoms with E-state index < -0.39 is 6.10 Å². The van der Waals surface area contributed by atoms with Crippen LogP contribution in [0.4, 0.5) is 0 Å². The van der Waals surface area contributed by atoms with Crippen LogP contribution in [0.15, 0.2) is 12.2 Å². The zero-order chi connectivity index (χ0) is 14.1. The third-order valence-corrected chi connectivity index (χ3v) is 3.86. The first kappa shape index (κ1) is 16.7. The molecule has 0 amide bonds. The Kier molecular flexibility index (Phi) is 8.35. The van der Waals surface area contributed by atoms with Crippen molar-refractivity contribution in [3.8, 4) is 0 Å². The average Bonchev–Trinajstić information content (AvgIpc) is 2.40. The molecule has 3 heteroatoms. The smallest absolute Gasteiger partial charge is 0.110 e. The molecule has 0 aromatic rings. The molecule has 3 nitrogen and oxygen atoms in total. The van der Waals surface area contributed by atoms with Crippen LogP contribution in [0.1, 0.15) is 52.4 Å². The van der Waals surface area contributed by atoms with Crippen LogP contribution in [0.5, 0.6) is 0 Å². The second kappa shape index (κ2) is 9.51. The molecule has 1 rings (SSSR count). The number of unbranched alkanes of at least 4 members (excludes halogenated alkanes) is 5. The van der Waals surface area contributed by atoms with E-state index in [1.807, 2.05) is 13.0 Å². The number of hydrogen-bond donors (Lipinski definition) is 1. The summed E-state index contributed by atoms with van der Waals surface area (Å²) in [5, 5.41) is 10.2. The molecule has 1 fully saturated rings. The Morgan fingerprint density at radius 3 is 2.68 bits per heavy atom. The summed E-state index contributed by atoms with van der Waals surface area (Å²) in [6.07, 6.45) is 10.8. The molecule has 1 aliphatic rings. The zero-order valence-electron chi connectivity index (χ0n) is 12.7. The van der Waals surface area contributed by atoms with Gasteiger partial charge in [0.15, 0.2) is 0 Å². The number of aliphatic hydroxyl groups is 1. The molecule has 0 aromatic heterocycles. The highest BCUT2D eigenvalue weighted by Gasteiger charge is 2.35. The van der Waals surface area contributed by atoms with Crippen LogP contribution < -0.4 is 0 Å². The normalized spacial score (nSPS) is 32.0. The summed E-state index contributed by atoms with van der Waals surface area (Å²) in [5.41, 5.74) is 0. The van der Waals surface area contributed by atoms with E-state index in [4.69, 9.17) is 9.47 Å². The summed E-state index contributed by atoms with van der Waals surface area (Å²) in [7, 11) is 1.66. The van der Waals surface area contributed by atoms with E-state index in [9.17, 15) is 5.11 Å². The van der Waals surface area contributed by atoms with Crippen LogP contribution in [0, 0.1) is 5.92 Å². The predicted molar refractivity (Wildman–Crippen MR) is 78.2 cm³/mol. The molecule has 0 saturated carbocycles. The highest BCUT2D eigenvalue weighted by Crippen LogP contribution is 2.23. The minimum Gasteiger partial charge on any atom is -0.387 e. The molecular formula is C16H30O3. The SMILES string of the molecule is CCCCCCC/C=C/[C@@H]1OC[C@H](C)[C@H](OC)[C@H]1O. The topological polar surface area (TPSA) is 38.7 Å². The number of methoxy groups -OCH3 is 1. The lowest BCUT2D eigenvalue weighted by molar-refractivity contribution is -0.155. The lowest BCUT2D eigenvalue weighted by Crippen LogP contribution is -2.49. The fourth-order valence-electron chi connectivity index (χ4n) is 2.62. The summed E-state index contributed by atoms with van der Waals surface area (Å²) in [6.45, 7) is 4.93. The van der Waals surface area contributed by atoms with Gasteiger partial charge in [0.1, 0.15) is 12.2 Å². The van der Waals surface area contributed by atoms with Crippen molar-refractivity contribution >= 4 is 0 Å². The Morgan fingerprint density at radius 1 is 1.26 bits per heavy atom. The van der Waals surface area contributed by atoms with E-state index in [2.05, 4.69) is 13.0 Å². The van der Waals surface area contributed by atoms with Gasteiger partial charge >= 0.3 is 0 Å². The Morgan fingerprint density at radius 2 is 2.00 bits per heavy atom. The first-order valence-corrected chi connectivity index (χ1v) is 7.69. The lowest BCUT2D eigenvalue weighted by atomic mass is 9.93. The third-order valence-electron chi connectivity index (χ3n) is 3.86. The molecule has 1 N–H and O–H groups in total. The molecule has 0 spiro atoms. The largest absolute Gasteiger partial charge is 0.387 e. The van der Waals surface area contributed by atoms with Gasteiger partial charge in [0.05, 0.1) is 12.7 Å². The van der Waals surface area contributed by atoms with Gasteiger partial charge in [0.25, 0.3) is 0 Å². The Hall–Kier alpha value is -0.380. The van der Waals surface area contributed by atoms with Gasteiger partial charge in [-0.1, -0.05) is 51.7 Å². The van der Waals surface area contributed by atoms with Crippen molar-refractivity contribution in [3.63, 3.8) is 0 Å². The Bertz CT molecular complexity index is 252. The number of aliphatic hydroxyl groups excluding tert-OH is 1. The molecule has 0 radical (unpaired) electrons. The van der Waals surface area contributed by atoms with Gasteiger partial charge in [-0.05, 0) is 12.8 Å². The summed E-state index contributed by atoms with van der Waals surface area (Å²) in [5.74, 6) is 0.249. The maximum atomic E-state index is 10.2. The Labute approximate surface area is 118 Å². The average molecular weight is 270 g/mol. The van der Waals surface area contributed by atoms with Crippen LogP contribution >= 0.6 is 0 Å². The maximum Gasteiger partial charge on any atom is 0.110 e. The maximum absolute atomic E-state index is 10.2. The van der Waals surface area contributed by atoms with Gasteiger partial charge < -0.3 is 14.6 Å². The molecule has 0 bridgehead atoms. The third kappa shape index (κ3) is 5.64. The molecule has 4 atom stereocenters.